The van der Waals surface area contributed by atoms with E-state index in [1.165, 1.54) is 38.2 Å². The summed E-state index contributed by atoms with van der Waals surface area (Å²) in [5.74, 6) is 1.48. The quantitative estimate of drug-likeness (QED) is 0.820. The Morgan fingerprint density at radius 2 is 1.82 bits per heavy atom. The van der Waals surface area contributed by atoms with Gasteiger partial charge in [-0.15, -0.1) is 0 Å². The Hall–Kier alpha value is -1.31. The van der Waals surface area contributed by atoms with E-state index in [9.17, 15) is 4.79 Å². The van der Waals surface area contributed by atoms with Gasteiger partial charge in [-0.2, -0.15) is 0 Å². The number of rotatable bonds is 2. The molecule has 1 aliphatic rings. The highest BCUT2D eigenvalue weighted by Crippen LogP contribution is 2.37. The molecule has 17 heavy (non-hydrogen) atoms. The SMILES string of the molecule is CC(=O)Nc1ccc([C@@H]2CCCC[C@@H]2C)cc1. The van der Waals surface area contributed by atoms with E-state index in [0.29, 0.717) is 5.92 Å². The molecule has 1 saturated carbocycles. The summed E-state index contributed by atoms with van der Waals surface area (Å²) in [6, 6.07) is 8.35. The van der Waals surface area contributed by atoms with Gasteiger partial charge in [0.2, 0.25) is 5.91 Å². The summed E-state index contributed by atoms with van der Waals surface area (Å²) in [5.41, 5.74) is 2.32. The zero-order chi connectivity index (χ0) is 12.3. The molecule has 0 aromatic heterocycles. The van der Waals surface area contributed by atoms with Crippen LogP contribution in [0.3, 0.4) is 0 Å². The van der Waals surface area contributed by atoms with Crippen molar-refractivity contribution in [2.45, 2.75) is 45.4 Å². The summed E-state index contributed by atoms with van der Waals surface area (Å²) >= 11 is 0. The van der Waals surface area contributed by atoms with E-state index in [0.717, 1.165) is 11.6 Å². The Bertz CT molecular complexity index is 382. The first-order valence-corrected chi connectivity index (χ1v) is 6.54. The van der Waals surface area contributed by atoms with Gasteiger partial charge in [0.25, 0.3) is 0 Å². The minimum atomic E-state index is -0.0104. The maximum atomic E-state index is 10.9. The number of anilines is 1. The summed E-state index contributed by atoms with van der Waals surface area (Å²) in [6.45, 7) is 3.89. The Balaban J connectivity index is 2.08. The topological polar surface area (TPSA) is 29.1 Å². The van der Waals surface area contributed by atoms with Gasteiger partial charge in [-0.05, 0) is 36.0 Å². The lowest BCUT2D eigenvalue weighted by molar-refractivity contribution is -0.114. The Morgan fingerprint density at radius 3 is 2.41 bits per heavy atom. The largest absolute Gasteiger partial charge is 0.326 e. The normalized spacial score (nSPS) is 24.4. The second kappa shape index (κ2) is 5.35. The second-order valence-corrected chi connectivity index (χ2v) is 5.17. The Morgan fingerprint density at radius 1 is 1.18 bits per heavy atom. The monoisotopic (exact) mass is 231 g/mol. The molecule has 0 radical (unpaired) electrons. The molecule has 1 fully saturated rings. The summed E-state index contributed by atoms with van der Waals surface area (Å²) in [7, 11) is 0. The van der Waals surface area contributed by atoms with Crippen molar-refractivity contribution in [2.75, 3.05) is 5.32 Å². The zero-order valence-corrected chi connectivity index (χ0v) is 10.7. The fourth-order valence-electron chi connectivity index (χ4n) is 2.83. The predicted molar refractivity (Wildman–Crippen MR) is 71.1 cm³/mol. The molecule has 92 valence electrons. The van der Waals surface area contributed by atoms with Crippen LogP contribution in [0.15, 0.2) is 24.3 Å². The van der Waals surface area contributed by atoms with Crippen molar-refractivity contribution in [1.29, 1.82) is 0 Å². The number of benzene rings is 1. The summed E-state index contributed by atoms with van der Waals surface area (Å²) in [6.07, 6.45) is 5.38. The number of carbonyl (C=O) groups is 1. The van der Waals surface area contributed by atoms with E-state index >= 15 is 0 Å². The van der Waals surface area contributed by atoms with Gasteiger partial charge < -0.3 is 5.32 Å². The highest BCUT2D eigenvalue weighted by molar-refractivity contribution is 5.88. The lowest BCUT2D eigenvalue weighted by Crippen LogP contribution is -2.14. The third-order valence-electron chi connectivity index (χ3n) is 3.77. The minimum Gasteiger partial charge on any atom is -0.326 e. The van der Waals surface area contributed by atoms with Crippen LogP contribution >= 0.6 is 0 Å². The smallest absolute Gasteiger partial charge is 0.221 e. The molecule has 1 amide bonds. The van der Waals surface area contributed by atoms with Crippen molar-refractivity contribution in [3.05, 3.63) is 29.8 Å². The first kappa shape index (κ1) is 12.2. The van der Waals surface area contributed by atoms with Crippen molar-refractivity contribution >= 4 is 11.6 Å². The molecule has 0 bridgehead atoms. The number of amides is 1. The van der Waals surface area contributed by atoms with Gasteiger partial charge in [0, 0.05) is 12.6 Å². The van der Waals surface area contributed by atoms with Crippen molar-refractivity contribution in [2.24, 2.45) is 5.92 Å². The highest BCUT2D eigenvalue weighted by atomic mass is 16.1. The van der Waals surface area contributed by atoms with Crippen LogP contribution in [-0.4, -0.2) is 5.91 Å². The fourth-order valence-corrected chi connectivity index (χ4v) is 2.83. The number of nitrogens with one attached hydrogen (secondary N) is 1. The van der Waals surface area contributed by atoms with Crippen molar-refractivity contribution in [1.82, 2.24) is 0 Å². The average molecular weight is 231 g/mol. The van der Waals surface area contributed by atoms with Crippen molar-refractivity contribution < 1.29 is 4.79 Å². The van der Waals surface area contributed by atoms with Gasteiger partial charge in [0.15, 0.2) is 0 Å². The van der Waals surface area contributed by atoms with Crippen LogP contribution in [0.5, 0.6) is 0 Å². The standard InChI is InChI=1S/C15H21NO/c1-11-5-3-4-6-15(11)13-7-9-14(10-8-13)16-12(2)17/h7-11,15H,3-6H2,1-2H3,(H,16,17)/t11-,15+/m0/s1. The van der Waals surface area contributed by atoms with Gasteiger partial charge in [-0.3, -0.25) is 4.79 Å². The summed E-state index contributed by atoms with van der Waals surface area (Å²) in [4.78, 5) is 10.9. The van der Waals surface area contributed by atoms with E-state index in [1.807, 2.05) is 12.1 Å². The van der Waals surface area contributed by atoms with Crippen LogP contribution in [-0.2, 0) is 4.79 Å². The molecule has 1 aromatic rings. The predicted octanol–water partition coefficient (Wildman–Crippen LogP) is 3.94. The van der Waals surface area contributed by atoms with Crippen molar-refractivity contribution in [3.8, 4) is 0 Å². The van der Waals surface area contributed by atoms with Crippen LogP contribution < -0.4 is 5.32 Å². The highest BCUT2D eigenvalue weighted by Gasteiger charge is 2.22. The molecule has 0 saturated heterocycles. The molecule has 0 spiro atoms. The third-order valence-corrected chi connectivity index (χ3v) is 3.77. The van der Waals surface area contributed by atoms with E-state index in [4.69, 9.17) is 0 Å². The maximum Gasteiger partial charge on any atom is 0.221 e. The molecular weight excluding hydrogens is 210 g/mol. The van der Waals surface area contributed by atoms with Gasteiger partial charge in [-0.1, -0.05) is 38.3 Å². The van der Waals surface area contributed by atoms with Gasteiger partial charge >= 0.3 is 0 Å². The molecule has 2 heteroatoms. The van der Waals surface area contributed by atoms with E-state index in [2.05, 4.69) is 24.4 Å². The summed E-state index contributed by atoms with van der Waals surface area (Å²) < 4.78 is 0. The van der Waals surface area contributed by atoms with Crippen LogP contribution in [0.4, 0.5) is 5.69 Å². The fraction of sp³-hybridized carbons (Fsp3) is 0.533. The van der Waals surface area contributed by atoms with Crippen LogP contribution in [0.2, 0.25) is 0 Å². The lowest BCUT2D eigenvalue weighted by atomic mass is 9.76. The molecule has 2 nitrogen and oxygen atoms in total. The number of hydrogen-bond donors (Lipinski definition) is 1. The molecule has 2 atom stereocenters. The molecule has 1 N–H and O–H groups in total. The lowest BCUT2D eigenvalue weighted by Gasteiger charge is -2.29. The maximum absolute atomic E-state index is 10.9. The molecule has 0 unspecified atom stereocenters. The average Bonchev–Trinajstić information content (AvgIpc) is 2.30. The van der Waals surface area contributed by atoms with Crippen molar-refractivity contribution in [3.63, 3.8) is 0 Å². The number of carbonyl (C=O) groups excluding carboxylic acids is 1. The van der Waals surface area contributed by atoms with Crippen LogP contribution in [0.25, 0.3) is 0 Å². The molecular formula is C15H21NO. The molecule has 1 aromatic carbocycles. The van der Waals surface area contributed by atoms with E-state index < -0.39 is 0 Å². The van der Waals surface area contributed by atoms with Gasteiger partial charge in [0.05, 0.1) is 0 Å². The first-order valence-electron chi connectivity index (χ1n) is 6.54. The van der Waals surface area contributed by atoms with Crippen LogP contribution in [0.1, 0.15) is 51.0 Å². The van der Waals surface area contributed by atoms with E-state index in [-0.39, 0.29) is 5.91 Å². The van der Waals surface area contributed by atoms with Gasteiger partial charge in [0.1, 0.15) is 0 Å². The van der Waals surface area contributed by atoms with Crippen LogP contribution in [0, 0.1) is 5.92 Å². The number of hydrogen-bond acceptors (Lipinski definition) is 1. The molecule has 1 aliphatic carbocycles. The molecule has 2 rings (SSSR count). The summed E-state index contributed by atoms with van der Waals surface area (Å²) in [5, 5.41) is 2.81. The zero-order valence-electron chi connectivity index (χ0n) is 10.7. The molecule has 0 aliphatic heterocycles. The third kappa shape index (κ3) is 3.09. The second-order valence-electron chi connectivity index (χ2n) is 5.17. The Labute approximate surface area is 103 Å². The first-order chi connectivity index (χ1) is 8.16. The Kier molecular flexibility index (Phi) is 3.82. The van der Waals surface area contributed by atoms with E-state index in [1.54, 1.807) is 0 Å². The molecule has 0 heterocycles. The minimum absolute atomic E-state index is 0.0104. The van der Waals surface area contributed by atoms with Gasteiger partial charge in [-0.25, -0.2) is 0 Å².